The number of carbonyl (C=O) groups is 3. The van der Waals surface area contributed by atoms with Gasteiger partial charge in [-0.25, -0.2) is 19.3 Å². The third-order valence-electron chi connectivity index (χ3n) is 5.92. The number of aromatic nitrogens is 3. The molecule has 1 unspecified atom stereocenters. The zero-order valence-corrected chi connectivity index (χ0v) is 20.2. The minimum atomic E-state index is -1.19. The predicted octanol–water partition coefficient (Wildman–Crippen LogP) is 2.98. The van der Waals surface area contributed by atoms with Gasteiger partial charge in [0.15, 0.2) is 23.3 Å². The summed E-state index contributed by atoms with van der Waals surface area (Å²) in [6.45, 7) is 6.26. The van der Waals surface area contributed by atoms with Crippen LogP contribution >= 0.6 is 0 Å². The first kappa shape index (κ1) is 23.6. The predicted molar refractivity (Wildman–Crippen MR) is 129 cm³/mol. The number of hydrogen-bond acceptors (Lipinski definition) is 8. The molecule has 36 heavy (non-hydrogen) atoms. The third-order valence-corrected chi connectivity index (χ3v) is 5.92. The first-order valence-electron chi connectivity index (χ1n) is 11.9. The van der Waals surface area contributed by atoms with Gasteiger partial charge in [-0.3, -0.25) is 10.1 Å². The van der Waals surface area contributed by atoms with E-state index in [0.717, 1.165) is 12.8 Å². The van der Waals surface area contributed by atoms with E-state index in [1.165, 1.54) is 6.92 Å². The maximum absolute atomic E-state index is 13.2. The van der Waals surface area contributed by atoms with Gasteiger partial charge in [0.25, 0.3) is 5.91 Å². The summed E-state index contributed by atoms with van der Waals surface area (Å²) in [5.41, 5.74) is 1.94. The van der Waals surface area contributed by atoms with E-state index < -0.39 is 24.0 Å². The molecule has 3 amide bonds. The summed E-state index contributed by atoms with van der Waals surface area (Å²) in [6, 6.07) is 6.53. The zero-order valence-electron chi connectivity index (χ0n) is 20.2. The van der Waals surface area contributed by atoms with E-state index >= 15 is 0 Å². The summed E-state index contributed by atoms with van der Waals surface area (Å²) in [5, 5.41) is 9.76. The third kappa shape index (κ3) is 4.81. The van der Waals surface area contributed by atoms with Crippen LogP contribution in [0.2, 0.25) is 0 Å². The summed E-state index contributed by atoms with van der Waals surface area (Å²) >= 11 is 0. The smallest absolute Gasteiger partial charge is 0.339 e. The molecule has 2 N–H and O–H groups in total. The molecule has 0 spiro atoms. The molecule has 1 aliphatic carbocycles. The summed E-state index contributed by atoms with van der Waals surface area (Å²) in [4.78, 5) is 42.3. The van der Waals surface area contributed by atoms with E-state index in [0.29, 0.717) is 47.0 Å². The lowest BCUT2D eigenvalue weighted by Crippen LogP contribution is -2.45. The van der Waals surface area contributed by atoms with Crippen LogP contribution in [0.5, 0.6) is 11.5 Å². The molecule has 11 heteroatoms. The standard InChI is InChI=1S/C25H27N5O6/c1-13(2)30-22-18(12-26-30)17(24(32)36-14(3)23(31)29-25(33)27-16-5-6-16)11-19(28-22)15-4-7-20-21(10-15)35-9-8-34-20/h4,7,10-14,16H,5-6,8-9H2,1-3H3,(H2,27,29,31,33). The van der Waals surface area contributed by atoms with E-state index in [2.05, 4.69) is 15.7 Å². The molecule has 1 saturated carbocycles. The number of esters is 1. The second-order valence-electron chi connectivity index (χ2n) is 9.12. The van der Waals surface area contributed by atoms with Crippen molar-refractivity contribution in [2.24, 2.45) is 0 Å². The quantitative estimate of drug-likeness (QED) is 0.501. The lowest BCUT2D eigenvalue weighted by molar-refractivity contribution is -0.127. The molecule has 1 atom stereocenters. The Morgan fingerprint density at radius 1 is 1.08 bits per heavy atom. The number of nitrogens with one attached hydrogen (secondary N) is 2. The van der Waals surface area contributed by atoms with Crippen molar-refractivity contribution in [2.45, 2.75) is 51.8 Å². The summed E-state index contributed by atoms with van der Waals surface area (Å²) in [5.74, 6) is -0.202. The van der Waals surface area contributed by atoms with Crippen molar-refractivity contribution in [3.05, 3.63) is 36.0 Å². The lowest BCUT2D eigenvalue weighted by atomic mass is 10.1. The molecule has 11 nitrogen and oxygen atoms in total. The van der Waals surface area contributed by atoms with Crippen LogP contribution in [-0.4, -0.2) is 58.0 Å². The lowest BCUT2D eigenvalue weighted by Gasteiger charge is -2.19. The van der Waals surface area contributed by atoms with Crippen molar-refractivity contribution < 1.29 is 28.6 Å². The highest BCUT2D eigenvalue weighted by Gasteiger charge is 2.27. The number of fused-ring (bicyclic) bond motifs is 2. The molecule has 0 bridgehead atoms. The Balaban J connectivity index is 1.45. The molecule has 3 heterocycles. The molecular weight excluding hydrogens is 466 g/mol. The Morgan fingerprint density at radius 3 is 2.56 bits per heavy atom. The fourth-order valence-electron chi connectivity index (χ4n) is 3.86. The van der Waals surface area contributed by atoms with E-state index in [1.54, 1.807) is 23.0 Å². The van der Waals surface area contributed by atoms with Crippen molar-refractivity contribution in [1.82, 2.24) is 25.4 Å². The molecule has 1 fully saturated rings. The van der Waals surface area contributed by atoms with Gasteiger partial charge in [0.1, 0.15) is 13.2 Å². The maximum Gasteiger partial charge on any atom is 0.339 e. The van der Waals surface area contributed by atoms with Crippen LogP contribution in [0.15, 0.2) is 30.5 Å². The van der Waals surface area contributed by atoms with Crippen LogP contribution in [-0.2, 0) is 9.53 Å². The van der Waals surface area contributed by atoms with Gasteiger partial charge in [0.2, 0.25) is 0 Å². The number of rotatable bonds is 6. The molecule has 1 aromatic carbocycles. The normalized spacial score (nSPS) is 15.4. The van der Waals surface area contributed by atoms with Gasteiger partial charge in [-0.2, -0.15) is 5.10 Å². The molecule has 5 rings (SSSR count). The van der Waals surface area contributed by atoms with Crippen LogP contribution in [0.1, 0.15) is 50.0 Å². The average Bonchev–Trinajstić information content (AvgIpc) is 3.56. The molecule has 188 valence electrons. The molecule has 0 radical (unpaired) electrons. The van der Waals surface area contributed by atoms with Gasteiger partial charge in [-0.15, -0.1) is 0 Å². The largest absolute Gasteiger partial charge is 0.486 e. The molecule has 0 saturated heterocycles. The Bertz CT molecular complexity index is 1350. The molecular formula is C25H27N5O6. The van der Waals surface area contributed by atoms with Crippen LogP contribution < -0.4 is 20.1 Å². The number of hydrogen-bond donors (Lipinski definition) is 2. The number of urea groups is 1. The topological polar surface area (TPSA) is 134 Å². The number of imide groups is 1. The second kappa shape index (κ2) is 9.48. The van der Waals surface area contributed by atoms with Crippen LogP contribution in [0.4, 0.5) is 4.79 Å². The number of ether oxygens (including phenoxy) is 3. The molecule has 3 aromatic rings. The maximum atomic E-state index is 13.2. The first-order chi connectivity index (χ1) is 17.3. The Kier molecular flexibility index (Phi) is 6.21. The van der Waals surface area contributed by atoms with Gasteiger partial charge >= 0.3 is 12.0 Å². The molecule has 2 aromatic heterocycles. The fraction of sp³-hybridized carbons (Fsp3) is 0.400. The van der Waals surface area contributed by atoms with Crippen molar-refractivity contribution in [2.75, 3.05) is 13.2 Å². The summed E-state index contributed by atoms with van der Waals surface area (Å²) in [7, 11) is 0. The molecule has 1 aliphatic heterocycles. The number of benzene rings is 1. The molecule has 2 aliphatic rings. The van der Waals surface area contributed by atoms with Crippen molar-refractivity contribution in [3.8, 4) is 22.8 Å². The highest BCUT2D eigenvalue weighted by molar-refractivity contribution is 6.05. The monoisotopic (exact) mass is 493 g/mol. The highest BCUT2D eigenvalue weighted by Crippen LogP contribution is 2.35. The van der Waals surface area contributed by atoms with Gasteiger partial charge in [-0.1, -0.05) is 0 Å². The average molecular weight is 494 g/mol. The van der Waals surface area contributed by atoms with Crippen LogP contribution in [0.25, 0.3) is 22.3 Å². The van der Waals surface area contributed by atoms with Gasteiger partial charge in [0.05, 0.1) is 22.8 Å². The van der Waals surface area contributed by atoms with Gasteiger partial charge in [0, 0.05) is 17.6 Å². The van der Waals surface area contributed by atoms with E-state index in [-0.39, 0.29) is 17.6 Å². The fourth-order valence-corrected chi connectivity index (χ4v) is 3.86. The van der Waals surface area contributed by atoms with Crippen molar-refractivity contribution >= 4 is 28.9 Å². The summed E-state index contributed by atoms with van der Waals surface area (Å²) < 4.78 is 18.5. The number of pyridine rings is 1. The van der Waals surface area contributed by atoms with Gasteiger partial charge < -0.3 is 19.5 Å². The van der Waals surface area contributed by atoms with Gasteiger partial charge in [-0.05, 0) is 57.9 Å². The zero-order chi connectivity index (χ0) is 25.4. The van der Waals surface area contributed by atoms with Crippen LogP contribution in [0, 0.1) is 0 Å². The Hall–Kier alpha value is -4.15. The van der Waals surface area contributed by atoms with E-state index in [1.807, 2.05) is 26.0 Å². The number of nitrogens with zero attached hydrogens (tertiary/aromatic N) is 3. The highest BCUT2D eigenvalue weighted by atomic mass is 16.6. The minimum Gasteiger partial charge on any atom is -0.486 e. The van der Waals surface area contributed by atoms with Crippen molar-refractivity contribution in [3.63, 3.8) is 0 Å². The van der Waals surface area contributed by atoms with Crippen molar-refractivity contribution in [1.29, 1.82) is 0 Å². The van der Waals surface area contributed by atoms with Crippen LogP contribution in [0.3, 0.4) is 0 Å². The summed E-state index contributed by atoms with van der Waals surface area (Å²) in [6.07, 6.45) is 2.14. The Morgan fingerprint density at radius 2 is 1.83 bits per heavy atom. The minimum absolute atomic E-state index is 0.0101. The van der Waals surface area contributed by atoms with E-state index in [4.69, 9.17) is 19.2 Å². The Labute approximate surface area is 207 Å². The SMILES string of the molecule is CC(OC(=O)c1cc(-c2ccc3c(c2)OCCO3)nc2c1cnn2C(C)C)C(=O)NC(=O)NC1CC1. The number of carbonyl (C=O) groups excluding carboxylic acids is 3. The number of amides is 3. The second-order valence-corrected chi connectivity index (χ2v) is 9.12. The van der Waals surface area contributed by atoms with E-state index in [9.17, 15) is 14.4 Å². The first-order valence-corrected chi connectivity index (χ1v) is 11.9.